The predicted molar refractivity (Wildman–Crippen MR) is 65.6 cm³/mol. The second kappa shape index (κ2) is 6.33. The molecule has 0 bridgehead atoms. The molecule has 144 valence electrons. The van der Waals surface area contributed by atoms with Crippen LogP contribution in [-0.2, 0) is 0 Å². The van der Waals surface area contributed by atoms with Gasteiger partial charge in [0.25, 0.3) is 5.41 Å². The summed E-state index contributed by atoms with van der Waals surface area (Å²) in [6.45, 7) is 0. The Balaban J connectivity index is 3.88. The van der Waals surface area contributed by atoms with Gasteiger partial charge in [0.1, 0.15) is 0 Å². The normalized spacial score (nSPS) is 16.0. The Morgan fingerprint density at radius 2 is 1.00 bits per heavy atom. The SMILES string of the molecule is FC(F)(F)C(F)(F)C(C(Cl)c1ccc(Cl)cc1)(C(F)(F)F)C(F)(F)F. The fraction of sp³-hybridized carbons (Fsp3) is 0.500. The van der Waals surface area contributed by atoms with Gasteiger partial charge in [-0.25, -0.2) is 0 Å². The summed E-state index contributed by atoms with van der Waals surface area (Å²) in [7, 11) is 0. The molecule has 25 heavy (non-hydrogen) atoms. The molecule has 13 heteroatoms. The van der Waals surface area contributed by atoms with E-state index in [1.807, 2.05) is 0 Å². The standard InChI is InChI=1S/C12H5Cl2F11/c13-6-3-1-5(2-4-6)7(14)8(10(17,18)19,11(20,21)22)9(15,16)12(23,24)25/h1-4,7H. The third-order valence-electron chi connectivity index (χ3n) is 3.29. The summed E-state index contributed by atoms with van der Waals surface area (Å²) in [5, 5.41) is -4.07. The van der Waals surface area contributed by atoms with Gasteiger partial charge in [0.15, 0.2) is 0 Å². The average Bonchev–Trinajstić information content (AvgIpc) is 2.34. The predicted octanol–water partition coefficient (Wildman–Crippen LogP) is 6.93. The quantitative estimate of drug-likeness (QED) is 0.361. The van der Waals surface area contributed by atoms with Gasteiger partial charge in [0.2, 0.25) is 0 Å². The Morgan fingerprint density at radius 1 is 0.640 bits per heavy atom. The molecule has 0 aliphatic heterocycles. The van der Waals surface area contributed by atoms with Crippen LogP contribution in [0.5, 0.6) is 0 Å². The maximum absolute atomic E-state index is 13.6. The van der Waals surface area contributed by atoms with Crippen molar-refractivity contribution in [1.82, 2.24) is 0 Å². The summed E-state index contributed by atoms with van der Waals surface area (Å²) in [6.07, 6.45) is -21.4. The second-order valence-electron chi connectivity index (χ2n) is 4.79. The van der Waals surface area contributed by atoms with Crippen LogP contribution in [0.3, 0.4) is 0 Å². The van der Waals surface area contributed by atoms with Crippen LogP contribution in [0.25, 0.3) is 0 Å². The van der Waals surface area contributed by atoms with Gasteiger partial charge in [-0.05, 0) is 17.7 Å². The first-order valence-corrected chi connectivity index (χ1v) is 6.70. The first kappa shape index (κ1) is 22.1. The Kier molecular flexibility index (Phi) is 5.59. The average molecular weight is 429 g/mol. The molecule has 0 saturated carbocycles. The van der Waals surface area contributed by atoms with Gasteiger partial charge in [-0.1, -0.05) is 23.7 Å². The van der Waals surface area contributed by atoms with Crippen molar-refractivity contribution in [3.63, 3.8) is 0 Å². The van der Waals surface area contributed by atoms with Crippen molar-refractivity contribution >= 4 is 23.2 Å². The van der Waals surface area contributed by atoms with Gasteiger partial charge in [0, 0.05) is 5.02 Å². The van der Waals surface area contributed by atoms with E-state index in [9.17, 15) is 48.3 Å². The van der Waals surface area contributed by atoms with Crippen molar-refractivity contribution in [2.75, 3.05) is 0 Å². The fourth-order valence-corrected chi connectivity index (χ4v) is 2.72. The van der Waals surface area contributed by atoms with E-state index in [2.05, 4.69) is 0 Å². The van der Waals surface area contributed by atoms with Crippen molar-refractivity contribution in [1.29, 1.82) is 0 Å². The lowest BCUT2D eigenvalue weighted by molar-refractivity contribution is -0.449. The molecule has 1 aromatic rings. The van der Waals surface area contributed by atoms with Gasteiger partial charge in [-0.2, -0.15) is 48.3 Å². The number of rotatable bonds is 3. The van der Waals surface area contributed by atoms with Crippen LogP contribution in [0.2, 0.25) is 5.02 Å². The number of alkyl halides is 12. The molecular weight excluding hydrogens is 424 g/mol. The van der Waals surface area contributed by atoms with E-state index in [0.29, 0.717) is 24.3 Å². The molecular formula is C12H5Cl2F11. The largest absolute Gasteiger partial charge is 0.454 e. The summed E-state index contributed by atoms with van der Waals surface area (Å²) in [4.78, 5) is 0. The van der Waals surface area contributed by atoms with Crippen LogP contribution in [0, 0.1) is 5.41 Å². The van der Waals surface area contributed by atoms with Gasteiger partial charge >= 0.3 is 24.5 Å². The molecule has 0 N–H and O–H groups in total. The van der Waals surface area contributed by atoms with Crippen LogP contribution < -0.4 is 0 Å². The van der Waals surface area contributed by atoms with Crippen molar-refractivity contribution < 1.29 is 48.3 Å². The first-order valence-electron chi connectivity index (χ1n) is 5.88. The molecule has 0 nitrogen and oxygen atoms in total. The van der Waals surface area contributed by atoms with Gasteiger partial charge in [-0.15, -0.1) is 11.6 Å². The molecule has 0 aliphatic carbocycles. The first-order chi connectivity index (χ1) is 10.9. The Labute approximate surface area is 142 Å². The molecule has 1 aromatic carbocycles. The summed E-state index contributed by atoms with van der Waals surface area (Å²) < 4.78 is 143. The zero-order valence-electron chi connectivity index (χ0n) is 11.3. The van der Waals surface area contributed by atoms with Crippen molar-refractivity contribution in [3.8, 4) is 0 Å². The molecule has 0 spiro atoms. The van der Waals surface area contributed by atoms with Crippen LogP contribution in [0.15, 0.2) is 24.3 Å². The Bertz CT molecular complexity index is 583. The van der Waals surface area contributed by atoms with E-state index in [1.54, 1.807) is 0 Å². The number of halogens is 13. The van der Waals surface area contributed by atoms with Gasteiger partial charge < -0.3 is 0 Å². The maximum Gasteiger partial charge on any atom is 0.454 e. The molecule has 1 unspecified atom stereocenters. The molecule has 0 amide bonds. The Hall–Kier alpha value is -0.970. The van der Waals surface area contributed by atoms with Crippen LogP contribution in [0.1, 0.15) is 10.9 Å². The van der Waals surface area contributed by atoms with Crippen LogP contribution in [0.4, 0.5) is 48.3 Å². The van der Waals surface area contributed by atoms with Crippen LogP contribution in [-0.4, -0.2) is 24.5 Å². The van der Waals surface area contributed by atoms with E-state index in [-0.39, 0.29) is 5.02 Å². The molecule has 0 saturated heterocycles. The zero-order chi connectivity index (χ0) is 20.1. The smallest absolute Gasteiger partial charge is 0.195 e. The summed E-state index contributed by atoms with van der Waals surface area (Å²) >= 11 is 10.3. The number of hydrogen-bond acceptors (Lipinski definition) is 0. The van der Waals surface area contributed by atoms with Gasteiger partial charge in [-0.3, -0.25) is 0 Å². The molecule has 0 aliphatic rings. The minimum Gasteiger partial charge on any atom is -0.195 e. The number of hydrogen-bond donors (Lipinski definition) is 0. The zero-order valence-corrected chi connectivity index (χ0v) is 12.8. The van der Waals surface area contributed by atoms with E-state index in [1.165, 1.54) is 0 Å². The van der Waals surface area contributed by atoms with Crippen molar-refractivity contribution in [2.24, 2.45) is 5.41 Å². The highest BCUT2D eigenvalue weighted by molar-refractivity contribution is 6.30. The summed E-state index contributed by atoms with van der Waals surface area (Å²) in [5.74, 6) is -7.28. The lowest BCUT2D eigenvalue weighted by Crippen LogP contribution is -2.68. The fourth-order valence-electron chi connectivity index (χ4n) is 2.07. The third-order valence-corrected chi connectivity index (χ3v) is 4.12. The second-order valence-corrected chi connectivity index (χ2v) is 5.66. The number of benzene rings is 1. The van der Waals surface area contributed by atoms with E-state index >= 15 is 0 Å². The van der Waals surface area contributed by atoms with Crippen molar-refractivity contribution in [2.45, 2.75) is 29.8 Å². The highest BCUT2D eigenvalue weighted by Gasteiger charge is 2.91. The maximum atomic E-state index is 13.6. The van der Waals surface area contributed by atoms with E-state index < -0.39 is 40.8 Å². The van der Waals surface area contributed by atoms with E-state index in [0.717, 1.165) is 0 Å². The van der Waals surface area contributed by atoms with Gasteiger partial charge in [0.05, 0.1) is 5.38 Å². The lowest BCUT2D eigenvalue weighted by Gasteiger charge is -2.45. The minimum absolute atomic E-state index is 0.222. The summed E-state index contributed by atoms with van der Waals surface area (Å²) in [6, 6.07) is 2.16. The monoisotopic (exact) mass is 428 g/mol. The lowest BCUT2D eigenvalue weighted by atomic mass is 9.73. The van der Waals surface area contributed by atoms with Crippen molar-refractivity contribution in [3.05, 3.63) is 34.9 Å². The molecule has 0 heterocycles. The topological polar surface area (TPSA) is 0 Å². The molecule has 0 aromatic heterocycles. The highest BCUT2D eigenvalue weighted by atomic mass is 35.5. The third kappa shape index (κ3) is 3.36. The Morgan fingerprint density at radius 3 is 1.28 bits per heavy atom. The van der Waals surface area contributed by atoms with E-state index in [4.69, 9.17) is 23.2 Å². The molecule has 1 atom stereocenters. The molecule has 1 rings (SSSR count). The molecule has 0 radical (unpaired) electrons. The van der Waals surface area contributed by atoms with Crippen LogP contribution >= 0.6 is 23.2 Å². The molecule has 0 fully saturated rings. The highest BCUT2D eigenvalue weighted by Crippen LogP contribution is 2.69. The minimum atomic E-state index is -7.28. The summed E-state index contributed by atoms with van der Waals surface area (Å²) in [5.41, 5.74) is -7.90.